The molecule has 0 radical (unpaired) electrons. The molecule has 0 aliphatic rings. The summed E-state index contributed by atoms with van der Waals surface area (Å²) >= 11 is 0. The van der Waals surface area contributed by atoms with Crippen LogP contribution in [0.2, 0.25) is 0 Å². The van der Waals surface area contributed by atoms with Crippen molar-refractivity contribution >= 4 is 16.9 Å². The Morgan fingerprint density at radius 2 is 1.92 bits per heavy atom. The van der Waals surface area contributed by atoms with Crippen LogP contribution in [-0.2, 0) is 17.5 Å². The summed E-state index contributed by atoms with van der Waals surface area (Å²) in [4.78, 5) is 20.0. The molecule has 5 nitrogen and oxygen atoms in total. The molecular weight excluding hydrogens is 333 g/mol. The predicted molar refractivity (Wildman–Crippen MR) is 85.5 cm³/mol. The molecule has 1 N–H and O–H groups in total. The van der Waals surface area contributed by atoms with Gasteiger partial charge in [-0.2, -0.15) is 13.2 Å². The number of rotatable bonds is 4. The molecule has 2 aromatic heterocycles. The molecule has 0 spiro atoms. The lowest BCUT2D eigenvalue weighted by Crippen LogP contribution is -2.31. The van der Waals surface area contributed by atoms with Gasteiger partial charge < -0.3 is 9.88 Å². The Kier molecular flexibility index (Phi) is 4.43. The number of halogens is 3. The number of imidazole rings is 1. The van der Waals surface area contributed by atoms with Crippen LogP contribution in [0.3, 0.4) is 0 Å². The van der Waals surface area contributed by atoms with Crippen LogP contribution in [0.1, 0.15) is 24.5 Å². The number of amides is 1. The molecule has 1 atom stereocenters. The maximum absolute atomic E-state index is 13.2. The number of hydrogen-bond acceptors (Lipinski definition) is 3. The van der Waals surface area contributed by atoms with Gasteiger partial charge in [0.05, 0.1) is 22.8 Å². The molecular formula is C17H15F3N4O. The van der Waals surface area contributed by atoms with Gasteiger partial charge >= 0.3 is 6.18 Å². The molecule has 0 aliphatic heterocycles. The fourth-order valence-electron chi connectivity index (χ4n) is 2.59. The van der Waals surface area contributed by atoms with Gasteiger partial charge in [0.2, 0.25) is 11.7 Å². The molecule has 0 aliphatic carbocycles. The number of hydrogen-bond donors (Lipinski definition) is 1. The molecule has 0 unspecified atom stereocenters. The van der Waals surface area contributed by atoms with Gasteiger partial charge in [0.1, 0.15) is 6.54 Å². The van der Waals surface area contributed by atoms with Crippen molar-refractivity contribution in [1.29, 1.82) is 0 Å². The molecule has 0 fully saturated rings. The highest BCUT2D eigenvalue weighted by molar-refractivity contribution is 5.81. The van der Waals surface area contributed by atoms with Crippen LogP contribution in [0, 0.1) is 0 Å². The predicted octanol–water partition coefficient (Wildman–Crippen LogP) is 3.33. The van der Waals surface area contributed by atoms with E-state index in [1.54, 1.807) is 43.5 Å². The van der Waals surface area contributed by atoms with E-state index >= 15 is 0 Å². The van der Waals surface area contributed by atoms with E-state index in [1.807, 2.05) is 0 Å². The smallest absolute Gasteiger partial charge is 0.346 e. The minimum Gasteiger partial charge on any atom is -0.346 e. The lowest BCUT2D eigenvalue weighted by atomic mass is 10.2. The first-order valence-corrected chi connectivity index (χ1v) is 7.59. The van der Waals surface area contributed by atoms with Gasteiger partial charge in [0, 0.05) is 6.20 Å². The average Bonchev–Trinajstić information content (AvgIpc) is 2.94. The number of aromatic nitrogens is 3. The first kappa shape index (κ1) is 16.9. The van der Waals surface area contributed by atoms with E-state index in [0.29, 0.717) is 5.69 Å². The van der Waals surface area contributed by atoms with Gasteiger partial charge in [0.15, 0.2) is 0 Å². The molecule has 25 heavy (non-hydrogen) atoms. The average molecular weight is 348 g/mol. The monoisotopic (exact) mass is 348 g/mol. The SMILES string of the molecule is C[C@H](NC(=O)Cn1c(C(F)(F)F)nc2ccccc21)c1ccccn1. The molecule has 0 saturated heterocycles. The molecule has 1 amide bonds. The van der Waals surface area contributed by atoms with Gasteiger partial charge in [-0.25, -0.2) is 4.98 Å². The van der Waals surface area contributed by atoms with Gasteiger partial charge in [-0.3, -0.25) is 9.78 Å². The van der Waals surface area contributed by atoms with Gasteiger partial charge in [-0.15, -0.1) is 0 Å². The number of nitrogens with zero attached hydrogens (tertiary/aromatic N) is 3. The maximum atomic E-state index is 13.2. The first-order valence-electron chi connectivity index (χ1n) is 7.59. The summed E-state index contributed by atoms with van der Waals surface area (Å²) in [6, 6.07) is 11.0. The highest BCUT2D eigenvalue weighted by Crippen LogP contribution is 2.31. The van der Waals surface area contributed by atoms with E-state index in [-0.39, 0.29) is 11.0 Å². The normalized spacial score (nSPS) is 13.0. The number of nitrogens with one attached hydrogen (secondary N) is 1. The number of pyridine rings is 1. The lowest BCUT2D eigenvalue weighted by Gasteiger charge is -2.15. The Labute approximate surface area is 141 Å². The summed E-state index contributed by atoms with van der Waals surface area (Å²) < 4.78 is 40.6. The third-order valence-corrected chi connectivity index (χ3v) is 3.72. The van der Waals surface area contributed by atoms with Crippen molar-refractivity contribution in [3.63, 3.8) is 0 Å². The zero-order valence-electron chi connectivity index (χ0n) is 13.3. The summed E-state index contributed by atoms with van der Waals surface area (Å²) in [5.74, 6) is -1.64. The van der Waals surface area contributed by atoms with Crippen LogP contribution in [0.4, 0.5) is 13.2 Å². The third-order valence-electron chi connectivity index (χ3n) is 3.72. The van der Waals surface area contributed by atoms with Gasteiger partial charge in [0.25, 0.3) is 0 Å². The number of carbonyl (C=O) groups is 1. The van der Waals surface area contributed by atoms with Crippen molar-refractivity contribution < 1.29 is 18.0 Å². The second kappa shape index (κ2) is 6.54. The largest absolute Gasteiger partial charge is 0.449 e. The van der Waals surface area contributed by atoms with Crippen molar-refractivity contribution in [2.75, 3.05) is 0 Å². The van der Waals surface area contributed by atoms with E-state index in [0.717, 1.165) is 4.57 Å². The number of carbonyl (C=O) groups excluding carboxylic acids is 1. The third kappa shape index (κ3) is 3.62. The van der Waals surface area contributed by atoms with Crippen molar-refractivity contribution in [2.24, 2.45) is 0 Å². The zero-order valence-corrected chi connectivity index (χ0v) is 13.3. The van der Waals surface area contributed by atoms with E-state index in [9.17, 15) is 18.0 Å². The molecule has 3 aromatic rings. The second-order valence-electron chi connectivity index (χ2n) is 5.55. The Morgan fingerprint density at radius 3 is 2.60 bits per heavy atom. The second-order valence-corrected chi connectivity index (χ2v) is 5.55. The summed E-state index contributed by atoms with van der Waals surface area (Å²) in [6.45, 7) is 1.24. The lowest BCUT2D eigenvalue weighted by molar-refractivity contribution is -0.147. The van der Waals surface area contributed by atoms with Crippen molar-refractivity contribution in [3.8, 4) is 0 Å². The summed E-state index contributed by atoms with van der Waals surface area (Å²) in [7, 11) is 0. The molecule has 0 bridgehead atoms. The summed E-state index contributed by atoms with van der Waals surface area (Å²) in [5, 5.41) is 2.66. The van der Waals surface area contributed by atoms with Crippen LogP contribution in [-0.4, -0.2) is 20.4 Å². The first-order chi connectivity index (χ1) is 11.9. The fraction of sp³-hybridized carbons (Fsp3) is 0.235. The van der Waals surface area contributed by atoms with E-state index in [1.165, 1.54) is 12.1 Å². The molecule has 0 saturated carbocycles. The standard InChI is InChI=1S/C17H15F3N4O/c1-11(12-6-4-5-9-21-12)22-15(25)10-24-14-8-3-2-7-13(14)23-16(24)17(18,19)20/h2-9,11H,10H2,1H3,(H,22,25)/t11-/m0/s1. The van der Waals surface area contributed by atoms with Crippen molar-refractivity contribution in [2.45, 2.75) is 25.7 Å². The molecule has 1 aromatic carbocycles. The van der Waals surface area contributed by atoms with E-state index in [2.05, 4.69) is 15.3 Å². The summed E-state index contributed by atoms with van der Waals surface area (Å²) in [6.07, 6.45) is -3.06. The Hall–Kier alpha value is -2.90. The van der Waals surface area contributed by atoms with Crippen LogP contribution in [0.5, 0.6) is 0 Å². The van der Waals surface area contributed by atoms with Crippen molar-refractivity contribution in [3.05, 3.63) is 60.2 Å². The number of benzene rings is 1. The van der Waals surface area contributed by atoms with E-state index in [4.69, 9.17) is 0 Å². The van der Waals surface area contributed by atoms with Gasteiger partial charge in [-0.1, -0.05) is 18.2 Å². The van der Waals surface area contributed by atoms with Gasteiger partial charge in [-0.05, 0) is 31.2 Å². The number of alkyl halides is 3. The van der Waals surface area contributed by atoms with Crippen LogP contribution in [0.25, 0.3) is 11.0 Å². The number of para-hydroxylation sites is 2. The molecule has 3 rings (SSSR count). The highest BCUT2D eigenvalue weighted by Gasteiger charge is 2.38. The minimum atomic E-state index is -4.65. The van der Waals surface area contributed by atoms with E-state index < -0.39 is 30.5 Å². The quantitative estimate of drug-likeness (QED) is 0.787. The topological polar surface area (TPSA) is 59.8 Å². The molecule has 2 heterocycles. The molecule has 8 heteroatoms. The summed E-state index contributed by atoms with van der Waals surface area (Å²) in [5.41, 5.74) is 1.08. The maximum Gasteiger partial charge on any atom is 0.449 e. The fourth-order valence-corrected chi connectivity index (χ4v) is 2.59. The highest BCUT2D eigenvalue weighted by atomic mass is 19.4. The van der Waals surface area contributed by atoms with Crippen molar-refractivity contribution in [1.82, 2.24) is 19.9 Å². The Balaban J connectivity index is 1.86. The van der Waals surface area contributed by atoms with Crippen LogP contribution >= 0.6 is 0 Å². The van der Waals surface area contributed by atoms with Crippen LogP contribution < -0.4 is 5.32 Å². The zero-order chi connectivity index (χ0) is 18.0. The Morgan fingerprint density at radius 1 is 1.20 bits per heavy atom. The minimum absolute atomic E-state index is 0.195. The Bertz CT molecular complexity index is 890. The number of fused-ring (bicyclic) bond motifs is 1. The van der Waals surface area contributed by atoms with Crippen LogP contribution in [0.15, 0.2) is 48.7 Å². The molecule has 130 valence electrons.